The van der Waals surface area contributed by atoms with Gasteiger partial charge in [0.05, 0.1) is 6.54 Å². The lowest BCUT2D eigenvalue weighted by Gasteiger charge is -2.25. The lowest BCUT2D eigenvalue weighted by atomic mass is 10.0. The fraction of sp³-hybridized carbons (Fsp3) is 0.923. The number of nitrogens with one attached hydrogen (secondary N) is 2. The lowest BCUT2D eigenvalue weighted by molar-refractivity contribution is -0.122. The molecule has 1 heterocycles. The molecule has 0 aromatic rings. The van der Waals surface area contributed by atoms with E-state index in [1.807, 2.05) is 20.9 Å². The molecule has 1 atom stereocenters. The average Bonchev–Trinajstić information content (AvgIpc) is 2.26. The van der Waals surface area contributed by atoms with Gasteiger partial charge in [-0.2, -0.15) is 0 Å². The maximum absolute atomic E-state index is 11.5. The molecule has 1 aliphatic rings. The molecule has 1 fully saturated rings. The number of carbonyl (C=O) groups excluding carboxylic acids is 1. The maximum Gasteiger partial charge on any atom is 0.234 e. The molecule has 17 heavy (non-hydrogen) atoms. The highest BCUT2D eigenvalue weighted by Gasteiger charge is 2.14. The van der Waals surface area contributed by atoms with Gasteiger partial charge in [0.2, 0.25) is 5.91 Å². The average molecular weight is 241 g/mol. The number of amides is 1. The Hall–Kier alpha value is -0.610. The number of hydrogen-bond donors (Lipinski definition) is 2. The second kappa shape index (κ2) is 7.67. The number of likely N-dealkylation sites (N-methyl/N-ethyl adjacent to an activating group) is 1. The SMILES string of the molecule is CC(C)NC(=O)CN(C)CCC1CCCCN1. The van der Waals surface area contributed by atoms with Crippen molar-refractivity contribution in [2.24, 2.45) is 0 Å². The predicted molar refractivity (Wildman–Crippen MR) is 71.0 cm³/mol. The van der Waals surface area contributed by atoms with E-state index < -0.39 is 0 Å². The first kappa shape index (κ1) is 14.5. The molecule has 0 bridgehead atoms. The van der Waals surface area contributed by atoms with Gasteiger partial charge in [0.25, 0.3) is 0 Å². The Morgan fingerprint density at radius 3 is 2.82 bits per heavy atom. The van der Waals surface area contributed by atoms with Crippen LogP contribution in [0.25, 0.3) is 0 Å². The van der Waals surface area contributed by atoms with E-state index >= 15 is 0 Å². The summed E-state index contributed by atoms with van der Waals surface area (Å²) in [7, 11) is 2.02. The monoisotopic (exact) mass is 241 g/mol. The summed E-state index contributed by atoms with van der Waals surface area (Å²) in [5.74, 6) is 0.124. The summed E-state index contributed by atoms with van der Waals surface area (Å²) >= 11 is 0. The molecule has 1 amide bonds. The van der Waals surface area contributed by atoms with Crippen molar-refractivity contribution in [3.8, 4) is 0 Å². The van der Waals surface area contributed by atoms with Gasteiger partial charge >= 0.3 is 0 Å². The van der Waals surface area contributed by atoms with Gasteiger partial charge in [0.1, 0.15) is 0 Å². The van der Waals surface area contributed by atoms with E-state index in [1.165, 1.54) is 19.3 Å². The Labute approximate surface area is 105 Å². The van der Waals surface area contributed by atoms with Gasteiger partial charge in [-0.05, 0) is 53.2 Å². The summed E-state index contributed by atoms with van der Waals surface area (Å²) in [5, 5.41) is 6.45. The summed E-state index contributed by atoms with van der Waals surface area (Å²) in [4.78, 5) is 13.7. The highest BCUT2D eigenvalue weighted by molar-refractivity contribution is 5.78. The zero-order valence-electron chi connectivity index (χ0n) is 11.5. The van der Waals surface area contributed by atoms with Crippen LogP contribution >= 0.6 is 0 Å². The van der Waals surface area contributed by atoms with Gasteiger partial charge in [-0.3, -0.25) is 9.69 Å². The summed E-state index contributed by atoms with van der Waals surface area (Å²) in [6.07, 6.45) is 5.08. The molecule has 0 radical (unpaired) electrons. The largest absolute Gasteiger partial charge is 0.353 e. The normalized spacial score (nSPS) is 20.9. The number of rotatable bonds is 6. The molecule has 0 aliphatic carbocycles. The molecular weight excluding hydrogens is 214 g/mol. The number of carbonyl (C=O) groups is 1. The Morgan fingerprint density at radius 1 is 1.47 bits per heavy atom. The van der Waals surface area contributed by atoms with Crippen molar-refractivity contribution in [2.45, 2.75) is 51.6 Å². The van der Waals surface area contributed by atoms with E-state index in [2.05, 4.69) is 15.5 Å². The summed E-state index contributed by atoms with van der Waals surface area (Å²) < 4.78 is 0. The summed E-state index contributed by atoms with van der Waals surface area (Å²) in [6, 6.07) is 0.885. The van der Waals surface area contributed by atoms with Gasteiger partial charge in [0, 0.05) is 12.1 Å². The molecule has 0 aromatic heterocycles. The molecule has 0 aromatic carbocycles. The van der Waals surface area contributed by atoms with Crippen LogP contribution in [0.1, 0.15) is 39.5 Å². The summed E-state index contributed by atoms with van der Waals surface area (Å²) in [6.45, 7) is 6.63. The van der Waals surface area contributed by atoms with E-state index in [4.69, 9.17) is 0 Å². The van der Waals surface area contributed by atoms with Crippen LogP contribution in [0.5, 0.6) is 0 Å². The van der Waals surface area contributed by atoms with Crippen molar-refractivity contribution >= 4 is 5.91 Å². The first-order chi connectivity index (χ1) is 8.08. The van der Waals surface area contributed by atoms with Crippen LogP contribution in [0.4, 0.5) is 0 Å². The second-order valence-electron chi connectivity index (χ2n) is 5.40. The number of hydrogen-bond acceptors (Lipinski definition) is 3. The number of nitrogens with zero attached hydrogens (tertiary/aromatic N) is 1. The molecular formula is C13H27N3O. The molecule has 4 nitrogen and oxygen atoms in total. The van der Waals surface area contributed by atoms with Crippen molar-refractivity contribution in [2.75, 3.05) is 26.7 Å². The first-order valence-electron chi connectivity index (χ1n) is 6.79. The Morgan fingerprint density at radius 2 is 2.24 bits per heavy atom. The van der Waals surface area contributed by atoms with E-state index in [9.17, 15) is 4.79 Å². The third-order valence-corrected chi connectivity index (χ3v) is 3.13. The first-order valence-corrected chi connectivity index (χ1v) is 6.79. The molecule has 100 valence electrons. The molecule has 1 aliphatic heterocycles. The van der Waals surface area contributed by atoms with Crippen LogP contribution in [0.2, 0.25) is 0 Å². The molecule has 0 spiro atoms. The van der Waals surface area contributed by atoms with Crippen LogP contribution < -0.4 is 10.6 Å². The van der Waals surface area contributed by atoms with Gasteiger partial charge in [0.15, 0.2) is 0 Å². The van der Waals surface area contributed by atoms with Crippen molar-refractivity contribution in [3.05, 3.63) is 0 Å². The topological polar surface area (TPSA) is 44.4 Å². The van der Waals surface area contributed by atoms with Crippen LogP contribution in [0, 0.1) is 0 Å². The Kier molecular flexibility index (Phi) is 6.52. The van der Waals surface area contributed by atoms with E-state index in [-0.39, 0.29) is 11.9 Å². The minimum atomic E-state index is 0.124. The molecule has 1 unspecified atom stereocenters. The minimum absolute atomic E-state index is 0.124. The number of piperidine rings is 1. The van der Waals surface area contributed by atoms with Crippen LogP contribution in [0.3, 0.4) is 0 Å². The third-order valence-electron chi connectivity index (χ3n) is 3.13. The molecule has 4 heteroatoms. The third kappa shape index (κ3) is 6.64. The van der Waals surface area contributed by atoms with Crippen molar-refractivity contribution in [3.63, 3.8) is 0 Å². The zero-order chi connectivity index (χ0) is 12.7. The van der Waals surface area contributed by atoms with Gasteiger partial charge in [-0.1, -0.05) is 6.42 Å². The van der Waals surface area contributed by atoms with Crippen molar-refractivity contribution < 1.29 is 4.79 Å². The second-order valence-corrected chi connectivity index (χ2v) is 5.40. The Bertz CT molecular complexity index is 225. The zero-order valence-corrected chi connectivity index (χ0v) is 11.5. The molecule has 1 rings (SSSR count). The molecule has 1 saturated heterocycles. The lowest BCUT2D eigenvalue weighted by Crippen LogP contribution is -2.41. The van der Waals surface area contributed by atoms with Crippen LogP contribution in [0.15, 0.2) is 0 Å². The maximum atomic E-state index is 11.5. The fourth-order valence-electron chi connectivity index (χ4n) is 2.24. The van der Waals surface area contributed by atoms with Gasteiger partial charge in [-0.25, -0.2) is 0 Å². The van der Waals surface area contributed by atoms with E-state index in [1.54, 1.807) is 0 Å². The van der Waals surface area contributed by atoms with Gasteiger partial charge < -0.3 is 10.6 Å². The van der Waals surface area contributed by atoms with Gasteiger partial charge in [-0.15, -0.1) is 0 Å². The quantitative estimate of drug-likeness (QED) is 0.728. The smallest absolute Gasteiger partial charge is 0.234 e. The molecule has 2 N–H and O–H groups in total. The van der Waals surface area contributed by atoms with Crippen LogP contribution in [-0.2, 0) is 4.79 Å². The van der Waals surface area contributed by atoms with Crippen LogP contribution in [-0.4, -0.2) is 49.6 Å². The van der Waals surface area contributed by atoms with E-state index in [0.717, 1.165) is 19.5 Å². The predicted octanol–water partition coefficient (Wildman–Crippen LogP) is 0.975. The minimum Gasteiger partial charge on any atom is -0.353 e. The highest BCUT2D eigenvalue weighted by Crippen LogP contribution is 2.10. The highest BCUT2D eigenvalue weighted by atomic mass is 16.2. The standard InChI is InChI=1S/C13H27N3O/c1-11(2)15-13(17)10-16(3)9-7-12-6-4-5-8-14-12/h11-12,14H,4-10H2,1-3H3,(H,15,17). The molecule has 0 saturated carbocycles. The summed E-state index contributed by atoms with van der Waals surface area (Å²) in [5.41, 5.74) is 0. The Balaban J connectivity index is 2.11. The van der Waals surface area contributed by atoms with E-state index in [0.29, 0.717) is 12.6 Å². The van der Waals surface area contributed by atoms with Crippen molar-refractivity contribution in [1.82, 2.24) is 15.5 Å². The van der Waals surface area contributed by atoms with Crippen molar-refractivity contribution in [1.29, 1.82) is 0 Å². The fourth-order valence-corrected chi connectivity index (χ4v) is 2.24.